The van der Waals surface area contributed by atoms with Crippen LogP contribution in [0.5, 0.6) is 5.75 Å². The largest absolute Gasteiger partial charge is 0.491 e. The molecule has 1 unspecified atom stereocenters. The number of nitrogens with zero attached hydrogens (tertiary/aromatic N) is 1. The van der Waals surface area contributed by atoms with Gasteiger partial charge in [-0.3, -0.25) is 0 Å². The summed E-state index contributed by atoms with van der Waals surface area (Å²) in [7, 11) is 1.94. The van der Waals surface area contributed by atoms with Gasteiger partial charge in [-0.1, -0.05) is 0 Å². The Bertz CT molecular complexity index is 448. The Morgan fingerprint density at radius 3 is 2.90 bits per heavy atom. The van der Waals surface area contributed by atoms with Crippen LogP contribution in [-0.2, 0) is 4.74 Å². The van der Waals surface area contributed by atoms with E-state index in [1.807, 2.05) is 18.9 Å². The van der Waals surface area contributed by atoms with E-state index in [4.69, 9.17) is 15.2 Å². The highest BCUT2D eigenvalue weighted by Gasteiger charge is 2.18. The summed E-state index contributed by atoms with van der Waals surface area (Å²) in [6.45, 7) is 3.83. The molecule has 1 aliphatic rings. The molecule has 1 heterocycles. The number of hydrogen-bond acceptors (Lipinski definition) is 4. The highest BCUT2D eigenvalue weighted by Crippen LogP contribution is 2.31. The maximum atomic E-state index is 13.7. The number of likely N-dealkylation sites (N-methyl/N-ethyl adjacent to an activating group) is 1. The molecule has 0 bridgehead atoms. The molecule has 0 aliphatic carbocycles. The summed E-state index contributed by atoms with van der Waals surface area (Å²) in [6, 6.07) is 2.98. The monoisotopic (exact) mass is 282 g/mol. The third kappa shape index (κ3) is 3.54. The van der Waals surface area contributed by atoms with Gasteiger partial charge < -0.3 is 20.1 Å². The fourth-order valence-electron chi connectivity index (χ4n) is 2.51. The second-order valence-corrected chi connectivity index (χ2v) is 5.14. The van der Waals surface area contributed by atoms with Gasteiger partial charge in [0.25, 0.3) is 0 Å². The standard InChI is InChI=1S/C15H23FN2O2/c1-3-19-15-9-14(13(17)8-12(15)16)18(2)10-11-6-4-5-7-20-11/h8-9,11H,3-7,10,17H2,1-2H3. The number of rotatable bonds is 5. The van der Waals surface area contributed by atoms with Crippen molar-refractivity contribution in [2.45, 2.75) is 32.3 Å². The first-order valence-electron chi connectivity index (χ1n) is 7.16. The maximum absolute atomic E-state index is 13.7. The molecule has 0 aromatic heterocycles. The second kappa shape index (κ2) is 6.79. The van der Waals surface area contributed by atoms with E-state index >= 15 is 0 Å². The number of nitrogen functional groups attached to an aromatic ring is 1. The van der Waals surface area contributed by atoms with Crippen LogP contribution in [0.3, 0.4) is 0 Å². The van der Waals surface area contributed by atoms with Crippen LogP contribution >= 0.6 is 0 Å². The van der Waals surface area contributed by atoms with Crippen LogP contribution in [0.2, 0.25) is 0 Å². The number of hydrogen-bond donors (Lipinski definition) is 1. The normalized spacial score (nSPS) is 18.9. The van der Waals surface area contributed by atoms with Gasteiger partial charge in [0.05, 0.1) is 24.1 Å². The first kappa shape index (κ1) is 14.9. The highest BCUT2D eigenvalue weighted by atomic mass is 19.1. The van der Waals surface area contributed by atoms with Crippen LogP contribution in [0.1, 0.15) is 26.2 Å². The van der Waals surface area contributed by atoms with Crippen molar-refractivity contribution in [3.8, 4) is 5.75 Å². The highest BCUT2D eigenvalue weighted by molar-refractivity contribution is 5.69. The zero-order chi connectivity index (χ0) is 14.5. The lowest BCUT2D eigenvalue weighted by Crippen LogP contribution is -2.33. The fourth-order valence-corrected chi connectivity index (χ4v) is 2.51. The van der Waals surface area contributed by atoms with Gasteiger partial charge in [-0.15, -0.1) is 0 Å². The number of nitrogens with two attached hydrogens (primary N) is 1. The van der Waals surface area contributed by atoms with E-state index < -0.39 is 5.82 Å². The van der Waals surface area contributed by atoms with Gasteiger partial charge in [0.15, 0.2) is 11.6 Å². The van der Waals surface area contributed by atoms with Crippen molar-refractivity contribution in [2.24, 2.45) is 0 Å². The molecule has 1 atom stereocenters. The number of anilines is 2. The summed E-state index contributed by atoms with van der Waals surface area (Å²) in [5, 5.41) is 0. The molecule has 112 valence electrons. The number of halogens is 1. The molecule has 2 N–H and O–H groups in total. The van der Waals surface area contributed by atoms with Gasteiger partial charge in [-0.05, 0) is 26.2 Å². The summed E-state index contributed by atoms with van der Waals surface area (Å²) < 4.78 is 24.7. The molecule has 5 heteroatoms. The topological polar surface area (TPSA) is 47.7 Å². The summed E-state index contributed by atoms with van der Waals surface area (Å²) >= 11 is 0. The van der Waals surface area contributed by atoms with Crippen molar-refractivity contribution in [1.82, 2.24) is 0 Å². The molecule has 1 aromatic carbocycles. The van der Waals surface area contributed by atoms with Gasteiger partial charge >= 0.3 is 0 Å². The molecular formula is C15H23FN2O2. The molecule has 1 saturated heterocycles. The van der Waals surface area contributed by atoms with Gasteiger partial charge in [0.1, 0.15) is 0 Å². The van der Waals surface area contributed by atoms with E-state index in [1.54, 1.807) is 6.07 Å². The Balaban J connectivity index is 2.11. The molecule has 0 amide bonds. The summed E-state index contributed by atoms with van der Waals surface area (Å²) in [6.07, 6.45) is 3.60. The Hall–Kier alpha value is -1.49. The molecule has 1 fully saturated rings. The van der Waals surface area contributed by atoms with E-state index in [2.05, 4.69) is 0 Å². The molecule has 4 nitrogen and oxygen atoms in total. The van der Waals surface area contributed by atoms with E-state index in [-0.39, 0.29) is 11.9 Å². The SMILES string of the molecule is CCOc1cc(N(C)CC2CCCCO2)c(N)cc1F. The third-order valence-corrected chi connectivity index (χ3v) is 3.54. The summed E-state index contributed by atoms with van der Waals surface area (Å²) in [5.41, 5.74) is 7.12. The van der Waals surface area contributed by atoms with Crippen molar-refractivity contribution in [3.63, 3.8) is 0 Å². The first-order chi connectivity index (χ1) is 9.61. The average Bonchev–Trinajstić information content (AvgIpc) is 2.43. The second-order valence-electron chi connectivity index (χ2n) is 5.14. The lowest BCUT2D eigenvalue weighted by Gasteiger charge is -2.29. The lowest BCUT2D eigenvalue weighted by molar-refractivity contribution is 0.0216. The zero-order valence-corrected chi connectivity index (χ0v) is 12.2. The zero-order valence-electron chi connectivity index (χ0n) is 12.2. The van der Waals surface area contributed by atoms with Crippen LogP contribution in [0.4, 0.5) is 15.8 Å². The molecule has 0 radical (unpaired) electrons. The minimum atomic E-state index is -0.421. The van der Waals surface area contributed by atoms with Gasteiger partial charge in [0.2, 0.25) is 0 Å². The smallest absolute Gasteiger partial charge is 0.167 e. The van der Waals surface area contributed by atoms with E-state index in [1.165, 1.54) is 12.5 Å². The van der Waals surface area contributed by atoms with E-state index in [0.717, 1.165) is 31.7 Å². The van der Waals surface area contributed by atoms with Gasteiger partial charge in [0, 0.05) is 32.3 Å². The van der Waals surface area contributed by atoms with Gasteiger partial charge in [-0.2, -0.15) is 0 Å². The fraction of sp³-hybridized carbons (Fsp3) is 0.600. The van der Waals surface area contributed by atoms with Crippen LogP contribution < -0.4 is 15.4 Å². The molecule has 0 spiro atoms. The van der Waals surface area contributed by atoms with E-state index in [9.17, 15) is 4.39 Å². The minimum Gasteiger partial charge on any atom is -0.491 e. The minimum absolute atomic E-state index is 0.216. The van der Waals surface area contributed by atoms with Crippen molar-refractivity contribution in [3.05, 3.63) is 17.9 Å². The van der Waals surface area contributed by atoms with Crippen LogP contribution in [0.15, 0.2) is 12.1 Å². The van der Waals surface area contributed by atoms with Gasteiger partial charge in [-0.25, -0.2) is 4.39 Å². The third-order valence-electron chi connectivity index (χ3n) is 3.54. The molecular weight excluding hydrogens is 259 g/mol. The molecule has 1 aromatic rings. The predicted octanol–water partition coefficient (Wildman–Crippen LogP) is 2.81. The molecule has 1 aliphatic heterocycles. The molecule has 20 heavy (non-hydrogen) atoms. The quantitative estimate of drug-likeness (QED) is 0.844. The van der Waals surface area contributed by atoms with E-state index in [0.29, 0.717) is 12.3 Å². The van der Waals surface area contributed by atoms with Crippen molar-refractivity contribution < 1.29 is 13.9 Å². The summed E-state index contributed by atoms with van der Waals surface area (Å²) in [5.74, 6) is -0.177. The lowest BCUT2D eigenvalue weighted by atomic mass is 10.1. The number of benzene rings is 1. The molecule has 2 rings (SSSR count). The van der Waals surface area contributed by atoms with Crippen LogP contribution in [-0.4, -0.2) is 32.9 Å². The Morgan fingerprint density at radius 2 is 2.25 bits per heavy atom. The van der Waals surface area contributed by atoms with Crippen LogP contribution in [0.25, 0.3) is 0 Å². The van der Waals surface area contributed by atoms with Crippen molar-refractivity contribution in [1.29, 1.82) is 0 Å². The Labute approximate surface area is 119 Å². The van der Waals surface area contributed by atoms with Crippen molar-refractivity contribution in [2.75, 3.05) is 37.4 Å². The molecule has 0 saturated carbocycles. The first-order valence-corrected chi connectivity index (χ1v) is 7.16. The number of ether oxygens (including phenoxy) is 2. The Kier molecular flexibility index (Phi) is 5.06. The van der Waals surface area contributed by atoms with Crippen molar-refractivity contribution >= 4 is 11.4 Å². The average molecular weight is 282 g/mol. The van der Waals surface area contributed by atoms with Crippen LogP contribution in [0, 0.1) is 5.82 Å². The predicted molar refractivity (Wildman–Crippen MR) is 78.8 cm³/mol. The summed E-state index contributed by atoms with van der Waals surface area (Å²) in [4.78, 5) is 2.01. The maximum Gasteiger partial charge on any atom is 0.167 e. The Morgan fingerprint density at radius 1 is 1.45 bits per heavy atom.